The molecule has 1 amide bonds. The Bertz CT molecular complexity index is 792. The average Bonchev–Trinajstić information content (AvgIpc) is 2.69. The summed E-state index contributed by atoms with van der Waals surface area (Å²) in [6.07, 6.45) is 1.49. The SMILES string of the molecule is CCN(CC)c1ncc(Cl)c(C(=O)NCc2ccccc2CN(C)C(C)C)n1. The van der Waals surface area contributed by atoms with E-state index in [-0.39, 0.29) is 16.6 Å². The standard InChI is InChI=1S/C21H30ClN5O/c1-6-27(7-2)21-24-13-18(22)19(25-21)20(28)23-12-16-10-8-9-11-17(16)14-26(5)15(3)4/h8-11,13,15H,6-7,12,14H2,1-5H3,(H,23,28). The number of hydrogen-bond donors (Lipinski definition) is 1. The molecule has 0 saturated heterocycles. The first-order valence-electron chi connectivity index (χ1n) is 9.70. The van der Waals surface area contributed by atoms with Gasteiger partial charge in [-0.25, -0.2) is 9.97 Å². The highest BCUT2D eigenvalue weighted by atomic mass is 35.5. The van der Waals surface area contributed by atoms with E-state index in [1.54, 1.807) is 0 Å². The number of nitrogens with zero attached hydrogens (tertiary/aromatic N) is 4. The minimum Gasteiger partial charge on any atom is -0.347 e. The summed E-state index contributed by atoms with van der Waals surface area (Å²) in [5.74, 6) is 0.214. The quantitative estimate of drug-likeness (QED) is 0.690. The van der Waals surface area contributed by atoms with Crippen LogP contribution in [0.5, 0.6) is 0 Å². The van der Waals surface area contributed by atoms with Crippen LogP contribution in [0.1, 0.15) is 49.3 Å². The molecule has 7 heteroatoms. The molecule has 6 nitrogen and oxygen atoms in total. The first-order valence-corrected chi connectivity index (χ1v) is 10.1. The molecule has 0 radical (unpaired) electrons. The lowest BCUT2D eigenvalue weighted by atomic mass is 10.1. The van der Waals surface area contributed by atoms with Crippen LogP contribution in [0.4, 0.5) is 5.95 Å². The van der Waals surface area contributed by atoms with Gasteiger partial charge in [0.05, 0.1) is 11.2 Å². The predicted octanol–water partition coefficient (Wildman–Crippen LogP) is 3.75. The highest BCUT2D eigenvalue weighted by Crippen LogP contribution is 2.17. The zero-order valence-electron chi connectivity index (χ0n) is 17.4. The number of nitrogens with one attached hydrogen (secondary N) is 1. The number of halogens is 1. The summed E-state index contributed by atoms with van der Waals surface area (Å²) in [4.78, 5) is 25.6. The number of rotatable bonds is 9. The minimum absolute atomic E-state index is 0.204. The normalized spacial score (nSPS) is 11.1. The minimum atomic E-state index is -0.298. The Morgan fingerprint density at radius 2 is 1.82 bits per heavy atom. The van der Waals surface area contributed by atoms with Crippen LogP contribution in [0.3, 0.4) is 0 Å². The van der Waals surface area contributed by atoms with Crippen molar-refractivity contribution in [3.05, 3.63) is 52.3 Å². The summed E-state index contributed by atoms with van der Waals surface area (Å²) in [5, 5.41) is 3.20. The molecule has 1 heterocycles. The van der Waals surface area contributed by atoms with E-state index in [0.29, 0.717) is 18.5 Å². The maximum Gasteiger partial charge on any atom is 0.271 e. The fraction of sp³-hybridized carbons (Fsp3) is 0.476. The molecule has 0 atom stereocenters. The fourth-order valence-electron chi connectivity index (χ4n) is 2.77. The molecule has 1 N–H and O–H groups in total. The summed E-state index contributed by atoms with van der Waals surface area (Å²) in [6, 6.07) is 8.58. The Balaban J connectivity index is 2.14. The Hall–Kier alpha value is -2.18. The van der Waals surface area contributed by atoms with Gasteiger partial charge in [0.2, 0.25) is 5.95 Å². The van der Waals surface area contributed by atoms with Gasteiger partial charge in [0.25, 0.3) is 5.91 Å². The van der Waals surface area contributed by atoms with Crippen LogP contribution >= 0.6 is 11.6 Å². The molecule has 1 aromatic heterocycles. The van der Waals surface area contributed by atoms with Crippen molar-refractivity contribution in [2.45, 2.75) is 46.8 Å². The van der Waals surface area contributed by atoms with E-state index in [1.165, 1.54) is 11.8 Å². The highest BCUT2D eigenvalue weighted by Gasteiger charge is 2.17. The fourth-order valence-corrected chi connectivity index (χ4v) is 2.95. The maximum absolute atomic E-state index is 12.7. The van der Waals surface area contributed by atoms with Crippen molar-refractivity contribution in [2.24, 2.45) is 0 Å². The maximum atomic E-state index is 12.7. The van der Waals surface area contributed by atoms with Gasteiger partial charge in [0.1, 0.15) is 0 Å². The van der Waals surface area contributed by atoms with E-state index in [4.69, 9.17) is 11.6 Å². The largest absolute Gasteiger partial charge is 0.347 e. The second-order valence-corrected chi connectivity index (χ2v) is 7.41. The van der Waals surface area contributed by atoms with E-state index >= 15 is 0 Å². The van der Waals surface area contributed by atoms with Gasteiger partial charge < -0.3 is 10.2 Å². The van der Waals surface area contributed by atoms with Gasteiger partial charge in [0, 0.05) is 32.2 Å². The molecule has 2 rings (SSSR count). The van der Waals surface area contributed by atoms with E-state index in [0.717, 1.165) is 25.2 Å². The molecular formula is C21H30ClN5O. The number of amides is 1. The molecule has 0 saturated carbocycles. The van der Waals surface area contributed by atoms with Crippen LogP contribution in [0.2, 0.25) is 5.02 Å². The lowest BCUT2D eigenvalue weighted by Gasteiger charge is -2.22. The Labute approximate surface area is 172 Å². The summed E-state index contributed by atoms with van der Waals surface area (Å²) < 4.78 is 0. The average molecular weight is 404 g/mol. The second-order valence-electron chi connectivity index (χ2n) is 7.00. The predicted molar refractivity (Wildman–Crippen MR) is 115 cm³/mol. The number of anilines is 1. The molecule has 0 aliphatic rings. The third-order valence-corrected chi connectivity index (χ3v) is 5.13. The molecule has 0 fully saturated rings. The van der Waals surface area contributed by atoms with Crippen LogP contribution in [-0.4, -0.2) is 47.0 Å². The summed E-state index contributed by atoms with van der Waals surface area (Å²) in [7, 11) is 2.09. The third-order valence-electron chi connectivity index (χ3n) is 4.85. The van der Waals surface area contributed by atoms with Crippen LogP contribution < -0.4 is 10.2 Å². The summed E-state index contributed by atoms with van der Waals surface area (Å²) in [6.45, 7) is 11.1. The third kappa shape index (κ3) is 5.66. The van der Waals surface area contributed by atoms with Crippen molar-refractivity contribution in [1.29, 1.82) is 0 Å². The number of carbonyl (C=O) groups excluding carboxylic acids is 1. The Morgan fingerprint density at radius 1 is 1.18 bits per heavy atom. The zero-order chi connectivity index (χ0) is 20.7. The van der Waals surface area contributed by atoms with Gasteiger partial charge >= 0.3 is 0 Å². The topological polar surface area (TPSA) is 61.4 Å². The number of benzene rings is 1. The Morgan fingerprint density at radius 3 is 2.43 bits per heavy atom. The van der Waals surface area contributed by atoms with Gasteiger partial charge in [-0.15, -0.1) is 0 Å². The second kappa shape index (κ2) is 10.4. The van der Waals surface area contributed by atoms with Crippen molar-refractivity contribution in [1.82, 2.24) is 20.2 Å². The Kier molecular flexibility index (Phi) is 8.20. The van der Waals surface area contributed by atoms with Gasteiger partial charge in [-0.2, -0.15) is 0 Å². The van der Waals surface area contributed by atoms with Crippen LogP contribution in [0, 0.1) is 0 Å². The van der Waals surface area contributed by atoms with Crippen LogP contribution in [0.15, 0.2) is 30.5 Å². The van der Waals surface area contributed by atoms with Gasteiger partial charge in [-0.3, -0.25) is 9.69 Å². The molecule has 0 aliphatic carbocycles. The number of carbonyl (C=O) groups is 1. The molecule has 152 valence electrons. The van der Waals surface area contributed by atoms with Crippen LogP contribution in [0.25, 0.3) is 0 Å². The van der Waals surface area contributed by atoms with Crippen molar-refractivity contribution in [2.75, 3.05) is 25.0 Å². The molecule has 0 aliphatic heterocycles. The lowest BCUT2D eigenvalue weighted by molar-refractivity contribution is 0.0945. The summed E-state index contributed by atoms with van der Waals surface area (Å²) in [5.41, 5.74) is 2.48. The molecule has 0 bridgehead atoms. The molecule has 0 unspecified atom stereocenters. The van der Waals surface area contributed by atoms with E-state index in [9.17, 15) is 4.79 Å². The lowest BCUT2D eigenvalue weighted by Crippen LogP contribution is -2.29. The van der Waals surface area contributed by atoms with Gasteiger partial charge in [0.15, 0.2) is 5.69 Å². The highest BCUT2D eigenvalue weighted by molar-refractivity contribution is 6.33. The number of hydrogen-bond acceptors (Lipinski definition) is 5. The first kappa shape index (κ1) is 22.1. The van der Waals surface area contributed by atoms with Crippen molar-refractivity contribution < 1.29 is 4.79 Å². The smallest absolute Gasteiger partial charge is 0.271 e. The van der Waals surface area contributed by atoms with E-state index in [2.05, 4.69) is 47.1 Å². The number of aromatic nitrogens is 2. The molecule has 28 heavy (non-hydrogen) atoms. The van der Waals surface area contributed by atoms with Gasteiger partial charge in [-0.1, -0.05) is 35.9 Å². The van der Waals surface area contributed by atoms with Crippen molar-refractivity contribution in [3.8, 4) is 0 Å². The van der Waals surface area contributed by atoms with Gasteiger partial charge in [-0.05, 0) is 45.9 Å². The van der Waals surface area contributed by atoms with E-state index < -0.39 is 0 Å². The monoisotopic (exact) mass is 403 g/mol. The summed E-state index contributed by atoms with van der Waals surface area (Å²) >= 11 is 6.19. The molecule has 0 spiro atoms. The van der Waals surface area contributed by atoms with Crippen molar-refractivity contribution >= 4 is 23.5 Å². The first-order chi connectivity index (χ1) is 13.4. The molecule has 1 aromatic carbocycles. The molecule has 2 aromatic rings. The molecular weight excluding hydrogens is 374 g/mol. The van der Waals surface area contributed by atoms with E-state index in [1.807, 2.05) is 36.9 Å². The zero-order valence-corrected chi connectivity index (χ0v) is 18.1. The van der Waals surface area contributed by atoms with Crippen LogP contribution in [-0.2, 0) is 13.1 Å². The van der Waals surface area contributed by atoms with Crippen molar-refractivity contribution in [3.63, 3.8) is 0 Å².